The molecule has 20 heavy (non-hydrogen) atoms. The number of carbonyl (C=O) groups is 2. The number of rotatable bonds is 5. The molecule has 1 N–H and O–H groups in total. The molecule has 108 valence electrons. The van der Waals surface area contributed by atoms with Gasteiger partial charge in [-0.3, -0.25) is 9.59 Å². The first-order valence-corrected chi connectivity index (χ1v) is 7.10. The molecular formula is C16H21NO3. The molecule has 0 bridgehead atoms. The van der Waals surface area contributed by atoms with Crippen LogP contribution in [-0.4, -0.2) is 34.3 Å². The lowest BCUT2D eigenvalue weighted by molar-refractivity contribution is -0.142. The lowest BCUT2D eigenvalue weighted by Gasteiger charge is -2.40. The first-order chi connectivity index (χ1) is 9.63. The van der Waals surface area contributed by atoms with Crippen molar-refractivity contribution in [1.29, 1.82) is 0 Å². The molecule has 2 rings (SSSR count). The first-order valence-electron chi connectivity index (χ1n) is 7.10. The summed E-state index contributed by atoms with van der Waals surface area (Å²) in [5.41, 5.74) is 0.916. The number of hydrogen-bond acceptors (Lipinski definition) is 3. The van der Waals surface area contributed by atoms with Crippen LogP contribution in [0.25, 0.3) is 0 Å². The Kier molecular flexibility index (Phi) is 4.90. The van der Waals surface area contributed by atoms with Crippen molar-refractivity contribution in [1.82, 2.24) is 4.90 Å². The maximum atomic E-state index is 12.3. The highest BCUT2D eigenvalue weighted by molar-refractivity contribution is 5.80. The van der Waals surface area contributed by atoms with Crippen LogP contribution >= 0.6 is 0 Å². The molecule has 0 saturated carbocycles. The number of aliphatic hydroxyl groups is 1. The number of piperidine rings is 1. The molecule has 0 radical (unpaired) electrons. The number of Topliss-reactive ketones (excluding diaryl/α,β-unsaturated/α-hetero) is 1. The van der Waals surface area contributed by atoms with Crippen LogP contribution in [0.4, 0.5) is 0 Å². The van der Waals surface area contributed by atoms with Gasteiger partial charge in [-0.1, -0.05) is 30.3 Å². The molecule has 0 aromatic heterocycles. The molecule has 1 heterocycles. The number of ketones is 1. The maximum Gasteiger partial charge on any atom is 0.223 e. The Hall–Kier alpha value is -1.68. The smallest absolute Gasteiger partial charge is 0.223 e. The van der Waals surface area contributed by atoms with Crippen molar-refractivity contribution in [2.24, 2.45) is 0 Å². The van der Waals surface area contributed by atoms with Crippen LogP contribution < -0.4 is 0 Å². The number of likely N-dealkylation sites (tertiary alicyclic amines) is 1. The summed E-state index contributed by atoms with van der Waals surface area (Å²) in [6.45, 7) is 1.43. The van der Waals surface area contributed by atoms with Gasteiger partial charge in [0.15, 0.2) is 0 Å². The summed E-state index contributed by atoms with van der Waals surface area (Å²) in [5.74, 6) is 0.116. The minimum Gasteiger partial charge on any atom is -0.394 e. The largest absolute Gasteiger partial charge is 0.394 e. The van der Waals surface area contributed by atoms with Crippen LogP contribution in [0, 0.1) is 0 Å². The minimum atomic E-state index is -0.353. The summed E-state index contributed by atoms with van der Waals surface area (Å²) < 4.78 is 0. The molecule has 0 aliphatic carbocycles. The number of carbonyl (C=O) groups excluding carboxylic acids is 2. The van der Waals surface area contributed by atoms with E-state index in [1.165, 1.54) is 0 Å². The van der Waals surface area contributed by atoms with E-state index in [-0.39, 0.29) is 30.4 Å². The van der Waals surface area contributed by atoms with Gasteiger partial charge in [-0.25, -0.2) is 0 Å². The van der Waals surface area contributed by atoms with Gasteiger partial charge in [0.05, 0.1) is 12.6 Å². The minimum absolute atomic E-state index is 0.0328. The van der Waals surface area contributed by atoms with Gasteiger partial charge >= 0.3 is 0 Å². The second kappa shape index (κ2) is 6.66. The van der Waals surface area contributed by atoms with Crippen LogP contribution in [0.15, 0.2) is 30.3 Å². The van der Waals surface area contributed by atoms with E-state index < -0.39 is 0 Å². The summed E-state index contributed by atoms with van der Waals surface area (Å²) in [5, 5.41) is 9.72. The number of aliphatic hydroxyl groups excluding tert-OH is 1. The van der Waals surface area contributed by atoms with Gasteiger partial charge in [0.2, 0.25) is 5.91 Å². The molecule has 4 heteroatoms. The van der Waals surface area contributed by atoms with E-state index in [1.807, 2.05) is 30.3 Å². The predicted octanol–water partition coefficient (Wildman–Crippen LogP) is 2.08. The van der Waals surface area contributed by atoms with Gasteiger partial charge in [0.25, 0.3) is 0 Å². The van der Waals surface area contributed by atoms with Crippen molar-refractivity contribution in [2.45, 2.75) is 44.7 Å². The zero-order valence-electron chi connectivity index (χ0n) is 11.8. The summed E-state index contributed by atoms with van der Waals surface area (Å²) in [7, 11) is 0. The standard InChI is InChI=1S/C16H21NO3/c1-12(19)10-14-8-5-9-16(20)17(14)15(11-18)13-6-3-2-4-7-13/h2-4,6-7,14-15,18H,5,8-11H2,1H3/t14-,15+/m1/s1. The molecular weight excluding hydrogens is 254 g/mol. The van der Waals surface area contributed by atoms with E-state index in [0.717, 1.165) is 18.4 Å². The molecule has 1 saturated heterocycles. The summed E-state index contributed by atoms with van der Waals surface area (Å²) in [6.07, 6.45) is 2.52. The van der Waals surface area contributed by atoms with Gasteiger partial charge in [0, 0.05) is 18.9 Å². The van der Waals surface area contributed by atoms with Crippen molar-refractivity contribution < 1.29 is 14.7 Å². The Balaban J connectivity index is 2.27. The van der Waals surface area contributed by atoms with Crippen LogP contribution in [0.2, 0.25) is 0 Å². The van der Waals surface area contributed by atoms with Gasteiger partial charge in [0.1, 0.15) is 5.78 Å². The maximum absolute atomic E-state index is 12.3. The Morgan fingerprint density at radius 1 is 1.40 bits per heavy atom. The highest BCUT2D eigenvalue weighted by atomic mass is 16.3. The lowest BCUT2D eigenvalue weighted by Crippen LogP contribution is -2.47. The quantitative estimate of drug-likeness (QED) is 0.895. The molecule has 2 atom stereocenters. The molecule has 1 aliphatic rings. The van der Waals surface area contributed by atoms with Crippen LogP contribution in [-0.2, 0) is 9.59 Å². The Morgan fingerprint density at radius 3 is 2.70 bits per heavy atom. The third-order valence-corrected chi connectivity index (χ3v) is 3.83. The molecule has 1 aliphatic heterocycles. The molecule has 4 nitrogen and oxygen atoms in total. The number of nitrogens with zero attached hydrogens (tertiary/aromatic N) is 1. The second-order valence-corrected chi connectivity index (χ2v) is 5.36. The highest BCUT2D eigenvalue weighted by Crippen LogP contribution is 2.30. The molecule has 1 fully saturated rings. The SMILES string of the molecule is CC(=O)C[C@H]1CCCC(=O)N1[C@@H](CO)c1ccccc1. The Labute approximate surface area is 119 Å². The number of hydrogen-bond donors (Lipinski definition) is 1. The van der Waals surface area contributed by atoms with Crippen molar-refractivity contribution in [3.63, 3.8) is 0 Å². The highest BCUT2D eigenvalue weighted by Gasteiger charge is 2.34. The number of amides is 1. The van der Waals surface area contributed by atoms with Crippen LogP contribution in [0.5, 0.6) is 0 Å². The van der Waals surface area contributed by atoms with Crippen molar-refractivity contribution in [2.75, 3.05) is 6.61 Å². The third-order valence-electron chi connectivity index (χ3n) is 3.83. The Morgan fingerprint density at radius 2 is 2.10 bits per heavy atom. The van der Waals surface area contributed by atoms with Gasteiger partial charge in [-0.05, 0) is 25.3 Å². The molecule has 0 spiro atoms. The van der Waals surface area contributed by atoms with E-state index in [9.17, 15) is 14.7 Å². The average molecular weight is 275 g/mol. The van der Waals surface area contributed by atoms with E-state index in [1.54, 1.807) is 11.8 Å². The fraction of sp³-hybridized carbons (Fsp3) is 0.500. The average Bonchev–Trinajstić information content (AvgIpc) is 2.43. The molecule has 1 aromatic carbocycles. The zero-order valence-corrected chi connectivity index (χ0v) is 11.8. The van der Waals surface area contributed by atoms with Gasteiger partial charge < -0.3 is 10.0 Å². The fourth-order valence-electron chi connectivity index (χ4n) is 2.95. The van der Waals surface area contributed by atoms with Gasteiger partial charge in [-0.15, -0.1) is 0 Å². The van der Waals surface area contributed by atoms with E-state index in [2.05, 4.69) is 0 Å². The van der Waals surface area contributed by atoms with Crippen molar-refractivity contribution >= 4 is 11.7 Å². The van der Waals surface area contributed by atoms with Crippen LogP contribution in [0.3, 0.4) is 0 Å². The van der Waals surface area contributed by atoms with E-state index in [4.69, 9.17) is 0 Å². The van der Waals surface area contributed by atoms with Crippen molar-refractivity contribution in [3.05, 3.63) is 35.9 Å². The molecule has 1 amide bonds. The third kappa shape index (κ3) is 3.25. The number of benzene rings is 1. The normalized spacial score (nSPS) is 20.8. The summed E-state index contributed by atoms with van der Waals surface area (Å²) >= 11 is 0. The fourth-order valence-corrected chi connectivity index (χ4v) is 2.95. The summed E-state index contributed by atoms with van der Waals surface area (Å²) in [6, 6.07) is 9.07. The molecule has 0 unspecified atom stereocenters. The van der Waals surface area contributed by atoms with E-state index in [0.29, 0.717) is 12.8 Å². The van der Waals surface area contributed by atoms with E-state index >= 15 is 0 Å². The first kappa shape index (κ1) is 14.7. The van der Waals surface area contributed by atoms with Crippen LogP contribution in [0.1, 0.15) is 44.2 Å². The monoisotopic (exact) mass is 275 g/mol. The summed E-state index contributed by atoms with van der Waals surface area (Å²) in [4.78, 5) is 25.4. The lowest BCUT2D eigenvalue weighted by atomic mass is 9.93. The topological polar surface area (TPSA) is 57.6 Å². The zero-order chi connectivity index (χ0) is 14.5. The van der Waals surface area contributed by atoms with Gasteiger partial charge in [-0.2, -0.15) is 0 Å². The Bertz CT molecular complexity index is 472. The molecule has 1 aromatic rings. The predicted molar refractivity (Wildman–Crippen MR) is 76.1 cm³/mol. The second-order valence-electron chi connectivity index (χ2n) is 5.36. The van der Waals surface area contributed by atoms with Crippen molar-refractivity contribution in [3.8, 4) is 0 Å².